The maximum Gasteiger partial charge on any atom is 0.417 e. The van der Waals surface area contributed by atoms with Crippen molar-refractivity contribution in [1.82, 2.24) is 9.88 Å². The van der Waals surface area contributed by atoms with Gasteiger partial charge in [0, 0.05) is 50.4 Å². The molecular formula is C25H22F3N3O2. The lowest BCUT2D eigenvalue weighted by atomic mass is 10.0. The largest absolute Gasteiger partial charge is 0.423 e. The quantitative estimate of drug-likeness (QED) is 0.320. The SMILES string of the molecule is O=c1cc(CN2CCCN(c3ccc(C(F)(F)F)cn3)CC2)c2c(ccc3ccccc32)o1. The summed E-state index contributed by atoms with van der Waals surface area (Å²) in [6, 6.07) is 15.9. The molecule has 1 aliphatic heterocycles. The maximum atomic E-state index is 12.8. The molecule has 0 saturated carbocycles. The van der Waals surface area contributed by atoms with Crippen LogP contribution in [0.1, 0.15) is 17.5 Å². The fraction of sp³-hybridized carbons (Fsp3) is 0.280. The first-order chi connectivity index (χ1) is 15.9. The summed E-state index contributed by atoms with van der Waals surface area (Å²) in [7, 11) is 0. The van der Waals surface area contributed by atoms with Gasteiger partial charge >= 0.3 is 11.8 Å². The van der Waals surface area contributed by atoms with Gasteiger partial charge in [-0.1, -0.05) is 30.3 Å². The van der Waals surface area contributed by atoms with Gasteiger partial charge in [0.1, 0.15) is 11.4 Å². The Morgan fingerprint density at radius 3 is 2.61 bits per heavy atom. The Hall–Kier alpha value is -3.39. The molecule has 0 amide bonds. The summed E-state index contributed by atoms with van der Waals surface area (Å²) >= 11 is 0. The lowest BCUT2D eigenvalue weighted by molar-refractivity contribution is -0.137. The number of anilines is 1. The number of alkyl halides is 3. The van der Waals surface area contributed by atoms with E-state index in [-0.39, 0.29) is 5.63 Å². The number of hydrogen-bond acceptors (Lipinski definition) is 5. The monoisotopic (exact) mass is 453 g/mol. The van der Waals surface area contributed by atoms with Gasteiger partial charge in [0.2, 0.25) is 0 Å². The summed E-state index contributed by atoms with van der Waals surface area (Å²) in [4.78, 5) is 20.5. The second-order valence-corrected chi connectivity index (χ2v) is 8.27. The number of benzene rings is 2. The van der Waals surface area contributed by atoms with Crippen LogP contribution in [0.3, 0.4) is 0 Å². The minimum atomic E-state index is -4.39. The number of fused-ring (bicyclic) bond motifs is 3. The Labute approximate surface area is 188 Å². The van der Waals surface area contributed by atoms with E-state index in [0.717, 1.165) is 47.0 Å². The standard InChI is InChI=1S/C25H22F3N3O2/c26-25(27,28)19-7-9-22(29-15-19)31-11-3-10-30(12-13-31)16-18-14-23(32)33-21-8-6-17-4-1-2-5-20(17)24(18)21/h1-2,4-9,14-15H,3,10-13,16H2. The van der Waals surface area contributed by atoms with Gasteiger partial charge in [-0.15, -0.1) is 0 Å². The molecule has 2 aromatic heterocycles. The molecule has 1 saturated heterocycles. The normalized spacial score (nSPS) is 15.8. The van der Waals surface area contributed by atoms with Crippen molar-refractivity contribution in [2.75, 3.05) is 31.1 Å². The number of rotatable bonds is 3. The highest BCUT2D eigenvalue weighted by Gasteiger charge is 2.31. The Morgan fingerprint density at radius 1 is 0.970 bits per heavy atom. The predicted molar refractivity (Wildman–Crippen MR) is 121 cm³/mol. The smallest absolute Gasteiger partial charge is 0.417 e. The van der Waals surface area contributed by atoms with Crippen molar-refractivity contribution < 1.29 is 17.6 Å². The van der Waals surface area contributed by atoms with E-state index in [2.05, 4.69) is 9.88 Å². The van der Waals surface area contributed by atoms with Crippen LogP contribution in [0.5, 0.6) is 0 Å². The molecule has 4 aromatic rings. The van der Waals surface area contributed by atoms with Gasteiger partial charge in [0.15, 0.2) is 0 Å². The molecule has 0 atom stereocenters. The first-order valence-electron chi connectivity index (χ1n) is 10.8. The van der Waals surface area contributed by atoms with Gasteiger partial charge in [-0.05, 0) is 41.0 Å². The molecule has 0 unspecified atom stereocenters. The van der Waals surface area contributed by atoms with Crippen LogP contribution in [-0.4, -0.2) is 36.1 Å². The Balaban J connectivity index is 1.38. The second kappa shape index (κ2) is 8.51. The van der Waals surface area contributed by atoms with Gasteiger partial charge < -0.3 is 9.32 Å². The maximum absolute atomic E-state index is 12.8. The first-order valence-corrected chi connectivity index (χ1v) is 10.8. The fourth-order valence-electron chi connectivity index (χ4n) is 4.48. The van der Waals surface area contributed by atoms with Crippen molar-refractivity contribution in [3.8, 4) is 0 Å². The zero-order valence-electron chi connectivity index (χ0n) is 17.8. The van der Waals surface area contributed by atoms with Crippen LogP contribution in [0.15, 0.2) is 70.0 Å². The van der Waals surface area contributed by atoms with Crippen LogP contribution >= 0.6 is 0 Å². The summed E-state index contributed by atoms with van der Waals surface area (Å²) in [6.07, 6.45) is -2.67. The van der Waals surface area contributed by atoms with Crippen molar-refractivity contribution in [2.45, 2.75) is 19.1 Å². The minimum Gasteiger partial charge on any atom is -0.423 e. The summed E-state index contributed by atoms with van der Waals surface area (Å²) in [5.74, 6) is 0.543. The van der Waals surface area contributed by atoms with Crippen LogP contribution in [-0.2, 0) is 12.7 Å². The van der Waals surface area contributed by atoms with Gasteiger partial charge in [0.05, 0.1) is 5.56 Å². The molecule has 3 heterocycles. The molecule has 170 valence electrons. The molecule has 2 aromatic carbocycles. The molecule has 1 fully saturated rings. The Morgan fingerprint density at radius 2 is 1.82 bits per heavy atom. The highest BCUT2D eigenvalue weighted by atomic mass is 19.4. The Bertz CT molecular complexity index is 1350. The van der Waals surface area contributed by atoms with Crippen LogP contribution in [0.2, 0.25) is 0 Å². The van der Waals surface area contributed by atoms with E-state index in [1.165, 1.54) is 6.07 Å². The van der Waals surface area contributed by atoms with Crippen LogP contribution < -0.4 is 10.5 Å². The summed E-state index contributed by atoms with van der Waals surface area (Å²) in [6.45, 7) is 3.44. The average molecular weight is 453 g/mol. The molecule has 5 rings (SSSR count). The van der Waals surface area contributed by atoms with Crippen molar-refractivity contribution >= 4 is 27.6 Å². The highest BCUT2D eigenvalue weighted by molar-refractivity contribution is 6.07. The molecule has 8 heteroatoms. The molecule has 33 heavy (non-hydrogen) atoms. The molecule has 0 N–H and O–H groups in total. The zero-order chi connectivity index (χ0) is 23.0. The topological polar surface area (TPSA) is 49.6 Å². The van der Waals surface area contributed by atoms with E-state index in [4.69, 9.17) is 4.42 Å². The second-order valence-electron chi connectivity index (χ2n) is 8.27. The van der Waals surface area contributed by atoms with Crippen LogP contribution in [0, 0.1) is 0 Å². The first kappa shape index (κ1) is 21.5. The van der Waals surface area contributed by atoms with Crippen molar-refractivity contribution in [1.29, 1.82) is 0 Å². The average Bonchev–Trinajstić information content (AvgIpc) is 3.04. The number of nitrogens with zero attached hydrogens (tertiary/aromatic N) is 3. The number of pyridine rings is 1. The van der Waals surface area contributed by atoms with E-state index in [9.17, 15) is 18.0 Å². The fourth-order valence-corrected chi connectivity index (χ4v) is 4.48. The van der Waals surface area contributed by atoms with E-state index in [0.29, 0.717) is 37.6 Å². The summed E-state index contributed by atoms with van der Waals surface area (Å²) in [5, 5.41) is 3.06. The molecule has 0 bridgehead atoms. The zero-order valence-corrected chi connectivity index (χ0v) is 17.8. The van der Waals surface area contributed by atoms with Crippen molar-refractivity contribution in [3.63, 3.8) is 0 Å². The molecule has 0 radical (unpaired) electrons. The predicted octanol–water partition coefficient (Wildman–Crippen LogP) is 5.07. The van der Waals surface area contributed by atoms with Gasteiger partial charge in [-0.3, -0.25) is 4.90 Å². The summed E-state index contributed by atoms with van der Waals surface area (Å²) in [5.41, 5.74) is 0.364. The lowest BCUT2D eigenvalue weighted by Crippen LogP contribution is -2.31. The third kappa shape index (κ3) is 4.43. The van der Waals surface area contributed by atoms with Crippen LogP contribution in [0.25, 0.3) is 21.7 Å². The molecule has 0 aliphatic carbocycles. The number of aromatic nitrogens is 1. The molecular weight excluding hydrogens is 431 g/mol. The van der Waals surface area contributed by atoms with Gasteiger partial charge in [0.25, 0.3) is 0 Å². The molecule has 0 spiro atoms. The number of hydrogen-bond donors (Lipinski definition) is 0. The third-order valence-electron chi connectivity index (χ3n) is 6.10. The van der Waals surface area contributed by atoms with Crippen molar-refractivity contribution in [3.05, 3.63) is 82.3 Å². The lowest BCUT2D eigenvalue weighted by Gasteiger charge is -2.23. The number of halogens is 3. The highest BCUT2D eigenvalue weighted by Crippen LogP contribution is 2.30. The Kier molecular flexibility index (Phi) is 5.54. The molecule has 5 nitrogen and oxygen atoms in total. The van der Waals surface area contributed by atoms with E-state index < -0.39 is 11.7 Å². The van der Waals surface area contributed by atoms with Gasteiger partial charge in [-0.25, -0.2) is 9.78 Å². The van der Waals surface area contributed by atoms with E-state index >= 15 is 0 Å². The summed E-state index contributed by atoms with van der Waals surface area (Å²) < 4.78 is 44.0. The van der Waals surface area contributed by atoms with Crippen molar-refractivity contribution in [2.24, 2.45) is 0 Å². The molecule has 1 aliphatic rings. The van der Waals surface area contributed by atoms with E-state index in [1.807, 2.05) is 41.3 Å². The van der Waals surface area contributed by atoms with Crippen LogP contribution in [0.4, 0.5) is 19.0 Å². The van der Waals surface area contributed by atoms with Gasteiger partial charge in [-0.2, -0.15) is 13.2 Å². The minimum absolute atomic E-state index is 0.377. The third-order valence-corrected chi connectivity index (χ3v) is 6.10. The van der Waals surface area contributed by atoms with E-state index in [1.54, 1.807) is 6.07 Å².